The highest BCUT2D eigenvalue weighted by Gasteiger charge is 2.28. The summed E-state index contributed by atoms with van der Waals surface area (Å²) in [5.74, 6) is -4.01. The van der Waals surface area contributed by atoms with E-state index in [-0.39, 0.29) is 37.8 Å². The first-order valence-electron chi connectivity index (χ1n) is 15.7. The number of nitrogens with one attached hydrogen (secondary N) is 2. The average molecular weight is 730 g/mol. The highest BCUT2D eigenvalue weighted by Crippen LogP contribution is 2.33. The Morgan fingerprint density at radius 3 is 2.08 bits per heavy atom. The highest BCUT2D eigenvalue weighted by atomic mass is 32.1. The summed E-state index contributed by atoms with van der Waals surface area (Å²) in [5, 5.41) is 19.8. The number of allylic oxidation sites excluding steroid dienone is 1. The molecule has 0 aliphatic carbocycles. The molecule has 12 nitrogen and oxygen atoms in total. The number of benzene rings is 2. The topological polar surface area (TPSA) is 158 Å². The molecule has 0 aliphatic rings. The third-order valence-electron chi connectivity index (χ3n) is 6.47. The molecule has 2 aromatic carbocycles. The minimum absolute atomic E-state index is 0.119. The van der Waals surface area contributed by atoms with Gasteiger partial charge in [-0.2, -0.15) is 9.49 Å². The van der Waals surface area contributed by atoms with Gasteiger partial charge in [0.25, 0.3) is 0 Å². The molecule has 0 saturated heterocycles. The number of thiocarbonyl (C=S) groups is 1. The fourth-order valence-electron chi connectivity index (χ4n) is 3.96. The molecule has 0 unspecified atom stereocenters. The minimum atomic E-state index is -1.97. The molecular weight excluding hydrogens is 686 g/mol. The van der Waals surface area contributed by atoms with E-state index in [9.17, 15) is 27.5 Å². The fourth-order valence-corrected chi connectivity index (χ4v) is 4.18. The lowest BCUT2D eigenvalue weighted by molar-refractivity contribution is -0.136. The Kier molecular flexibility index (Phi) is 20.2. The van der Waals surface area contributed by atoms with Crippen molar-refractivity contribution in [2.45, 2.75) is 32.6 Å². The molecule has 0 spiro atoms. The number of carbonyl (C=O) groups excluding carboxylic acids is 1. The molecule has 0 amide bonds. The summed E-state index contributed by atoms with van der Waals surface area (Å²) in [6.45, 7) is 7.51. The number of ether oxygens (including phenoxy) is 5. The Balaban J connectivity index is 1.41. The largest absolute Gasteiger partial charge is 0.508 e. The Bertz CT molecular complexity index is 1450. The van der Waals surface area contributed by atoms with Gasteiger partial charge in [-0.3, -0.25) is 9.79 Å². The van der Waals surface area contributed by atoms with Gasteiger partial charge in [-0.25, -0.2) is 13.2 Å². The summed E-state index contributed by atoms with van der Waals surface area (Å²) in [6, 6.07) is 6.61. The highest BCUT2D eigenvalue weighted by molar-refractivity contribution is 7.80. The molecule has 0 heterocycles. The van der Waals surface area contributed by atoms with Crippen molar-refractivity contribution in [2.24, 2.45) is 15.9 Å². The van der Waals surface area contributed by atoms with Crippen molar-refractivity contribution in [3.63, 3.8) is 0 Å². The van der Waals surface area contributed by atoms with Gasteiger partial charge in [0, 0.05) is 18.4 Å². The lowest BCUT2D eigenvalue weighted by atomic mass is 10.1. The minimum Gasteiger partial charge on any atom is -0.508 e. The molecule has 5 N–H and O–H groups in total. The number of nitrogens with zero attached hydrogens (tertiary/aromatic N) is 2. The fraction of sp³-hybridized carbons (Fsp3) is 0.455. The quantitative estimate of drug-likeness (QED) is 0.00998. The number of aliphatic imine (C=N–C) groups is 1. The summed E-state index contributed by atoms with van der Waals surface area (Å²) in [6.07, 6.45) is 3.60. The lowest BCUT2D eigenvalue weighted by Gasteiger charge is -2.12. The predicted molar refractivity (Wildman–Crippen MR) is 186 cm³/mol. The zero-order valence-electron chi connectivity index (χ0n) is 27.8. The van der Waals surface area contributed by atoms with Crippen LogP contribution in [0.1, 0.15) is 38.2 Å². The number of halogens is 4. The van der Waals surface area contributed by atoms with Crippen LogP contribution in [0, 0.1) is 23.3 Å². The molecule has 0 bridgehead atoms. The second kappa shape index (κ2) is 24.1. The first-order valence-corrected chi connectivity index (χ1v) is 16.1. The third kappa shape index (κ3) is 16.0. The Morgan fingerprint density at radius 1 is 0.880 bits per heavy atom. The van der Waals surface area contributed by atoms with Crippen LogP contribution in [0.25, 0.3) is 5.57 Å². The van der Waals surface area contributed by atoms with Crippen LogP contribution in [0.2, 0.25) is 0 Å². The zero-order valence-corrected chi connectivity index (χ0v) is 28.6. The first kappa shape index (κ1) is 42.0. The first-order chi connectivity index (χ1) is 24.0. The molecule has 0 saturated carbocycles. The van der Waals surface area contributed by atoms with Crippen molar-refractivity contribution in [1.29, 1.82) is 0 Å². The molecule has 0 aliphatic heterocycles. The summed E-state index contributed by atoms with van der Waals surface area (Å²) in [5.41, 5.74) is 0.352. The monoisotopic (exact) mass is 729 g/mol. The van der Waals surface area contributed by atoms with Gasteiger partial charge in [-0.1, -0.05) is 6.58 Å². The number of unbranched alkanes of at least 4 members (excludes halogenated alkanes) is 1. The van der Waals surface area contributed by atoms with E-state index in [0.29, 0.717) is 56.8 Å². The van der Waals surface area contributed by atoms with E-state index in [2.05, 4.69) is 32.0 Å². The van der Waals surface area contributed by atoms with Crippen LogP contribution in [0.4, 0.5) is 23.2 Å². The van der Waals surface area contributed by atoms with E-state index in [1.165, 1.54) is 6.92 Å². The van der Waals surface area contributed by atoms with Crippen molar-refractivity contribution in [2.75, 3.05) is 71.3 Å². The predicted octanol–water partition coefficient (Wildman–Crippen LogP) is 4.89. The van der Waals surface area contributed by atoms with Crippen LogP contribution >= 0.6 is 12.2 Å². The zero-order chi connectivity index (χ0) is 36.7. The second-order valence-corrected chi connectivity index (χ2v) is 10.9. The van der Waals surface area contributed by atoms with Gasteiger partial charge in [-0.15, -0.1) is 0 Å². The molecule has 0 fully saturated rings. The number of carbonyl (C=O) groups is 1. The smallest absolute Gasteiger partial charge is 0.313 e. The lowest BCUT2D eigenvalue weighted by Crippen LogP contribution is -2.29. The summed E-state index contributed by atoms with van der Waals surface area (Å²) in [7, 11) is 0. The van der Waals surface area contributed by atoms with Crippen LogP contribution < -0.4 is 21.2 Å². The number of phenols is 1. The van der Waals surface area contributed by atoms with Gasteiger partial charge in [0.05, 0.1) is 77.1 Å². The van der Waals surface area contributed by atoms with Crippen molar-refractivity contribution >= 4 is 46.5 Å². The number of anilines is 1. The molecule has 2 aromatic rings. The van der Waals surface area contributed by atoms with Crippen LogP contribution in [-0.4, -0.2) is 94.1 Å². The number of esters is 1. The van der Waals surface area contributed by atoms with Crippen molar-refractivity contribution in [3.05, 3.63) is 59.7 Å². The standard InChI is InChI=1S/C33H43F4N5O7S/c1-22(2)27-28(34)30(36)31(37)32(29(27)35)49-26(44)10-13-45-15-17-47-19-20-48-18-16-46-14-12-39-21-24(42-38)5-3-4-11-40-33(50)41-23-6-8-25(43)9-7-23/h6-9,21,43H,1,3-5,10-20,38H2,2H3,(H2,40,41,50). The molecule has 0 radical (unpaired) electrons. The number of hydrazone groups is 1. The number of hydrogen-bond acceptors (Lipinski definition) is 11. The van der Waals surface area contributed by atoms with E-state index in [0.717, 1.165) is 18.5 Å². The van der Waals surface area contributed by atoms with Gasteiger partial charge in [0.2, 0.25) is 11.6 Å². The molecule has 17 heteroatoms. The number of aromatic hydroxyl groups is 1. The maximum atomic E-state index is 14.4. The number of phenolic OH excluding ortho intramolecular Hbond substituents is 1. The number of hydrogen-bond donors (Lipinski definition) is 4. The Labute approximate surface area is 293 Å². The average Bonchev–Trinajstić information content (AvgIpc) is 3.08. The second-order valence-electron chi connectivity index (χ2n) is 10.5. The number of rotatable bonds is 24. The van der Waals surface area contributed by atoms with Gasteiger partial charge in [0.15, 0.2) is 22.6 Å². The van der Waals surface area contributed by atoms with Crippen LogP contribution in [0.15, 0.2) is 40.9 Å². The SMILES string of the molecule is C=C(C)c1c(F)c(F)c(F)c(OC(=O)CCOCCOCCOCCOCCN=CC(CCCCNC(=S)Nc2ccc(O)cc2)=NN)c1F. The maximum Gasteiger partial charge on any atom is 0.313 e. The summed E-state index contributed by atoms with van der Waals surface area (Å²) >= 11 is 5.26. The Hall–Kier alpha value is -4.16. The van der Waals surface area contributed by atoms with Crippen molar-refractivity contribution in [3.8, 4) is 11.5 Å². The molecule has 276 valence electrons. The van der Waals surface area contributed by atoms with E-state index >= 15 is 0 Å². The van der Waals surface area contributed by atoms with Gasteiger partial charge in [0.1, 0.15) is 5.75 Å². The molecule has 0 atom stereocenters. The summed E-state index contributed by atoms with van der Waals surface area (Å²) in [4.78, 5) is 16.2. The van der Waals surface area contributed by atoms with E-state index in [1.807, 2.05) is 0 Å². The van der Waals surface area contributed by atoms with Gasteiger partial charge >= 0.3 is 5.97 Å². The number of nitrogens with two attached hydrogens (primary N) is 1. The van der Waals surface area contributed by atoms with Gasteiger partial charge < -0.3 is 45.3 Å². The molecule has 50 heavy (non-hydrogen) atoms. The Morgan fingerprint density at radius 2 is 1.48 bits per heavy atom. The van der Waals surface area contributed by atoms with E-state index in [1.54, 1.807) is 30.5 Å². The third-order valence-corrected chi connectivity index (χ3v) is 6.72. The maximum absolute atomic E-state index is 14.4. The van der Waals surface area contributed by atoms with Crippen LogP contribution in [0.5, 0.6) is 11.5 Å². The van der Waals surface area contributed by atoms with E-state index in [4.69, 9.17) is 37.0 Å². The van der Waals surface area contributed by atoms with E-state index < -0.39 is 47.0 Å². The molecule has 2 rings (SSSR count). The van der Waals surface area contributed by atoms with Crippen molar-refractivity contribution in [1.82, 2.24) is 5.32 Å². The normalized spacial score (nSPS) is 11.6. The van der Waals surface area contributed by atoms with Crippen molar-refractivity contribution < 1.29 is 51.1 Å². The van der Waals surface area contributed by atoms with Crippen LogP contribution in [0.3, 0.4) is 0 Å². The summed E-state index contributed by atoms with van der Waals surface area (Å²) < 4.78 is 81.9. The van der Waals surface area contributed by atoms with Crippen LogP contribution in [-0.2, 0) is 23.7 Å². The molecular formula is C33H43F4N5O7S. The van der Waals surface area contributed by atoms with Gasteiger partial charge in [-0.05, 0) is 68.2 Å². The molecule has 0 aromatic heterocycles.